The summed E-state index contributed by atoms with van der Waals surface area (Å²) in [5, 5.41) is 2.96. The van der Waals surface area contributed by atoms with Gasteiger partial charge in [0, 0.05) is 0 Å². The van der Waals surface area contributed by atoms with E-state index >= 15 is 0 Å². The van der Waals surface area contributed by atoms with Crippen LogP contribution in [0, 0.1) is 0 Å². The predicted octanol–water partition coefficient (Wildman–Crippen LogP) is 5.48. The van der Waals surface area contributed by atoms with Gasteiger partial charge >= 0.3 is 35.3 Å². The van der Waals surface area contributed by atoms with Crippen molar-refractivity contribution < 1.29 is 16.5 Å². The summed E-state index contributed by atoms with van der Waals surface area (Å²) in [7, 11) is 9.96. The molecule has 0 amide bonds. The second-order valence-corrected chi connectivity index (χ2v) is 12.4. The van der Waals surface area contributed by atoms with Crippen molar-refractivity contribution in [2.45, 2.75) is 0 Å². The predicted molar refractivity (Wildman–Crippen MR) is 101 cm³/mol. The van der Waals surface area contributed by atoms with Crippen LogP contribution in [0.1, 0.15) is 0 Å². The Kier molecular flexibility index (Phi) is 14.6. The van der Waals surface area contributed by atoms with Crippen LogP contribution in [0.25, 0.3) is 0 Å². The third-order valence-corrected chi connectivity index (χ3v) is 5.21. The van der Waals surface area contributed by atoms with Crippen LogP contribution in [-0.2, 0) is 16.5 Å². The SMILES string of the molecule is CP(C)c1ccccc1.CP(C)c1ccccc1.[Cl][Pt][Cl]. The minimum atomic E-state index is -0.472. The number of benzene rings is 2. The third-order valence-electron chi connectivity index (χ3n) is 2.55. The Bertz CT molecular complexity index is 407. The summed E-state index contributed by atoms with van der Waals surface area (Å²) in [6, 6.07) is 21.2. The monoisotopic (exact) mass is 541 g/mol. The Hall–Kier alpha value is 0.568. The van der Waals surface area contributed by atoms with Crippen LogP contribution < -0.4 is 10.6 Å². The van der Waals surface area contributed by atoms with Crippen molar-refractivity contribution in [1.29, 1.82) is 0 Å². The zero-order valence-corrected chi connectivity index (χ0v) is 18.3. The molecule has 0 atom stereocenters. The molecule has 0 aromatic heterocycles. The van der Waals surface area contributed by atoms with Crippen molar-refractivity contribution in [3.05, 3.63) is 60.7 Å². The van der Waals surface area contributed by atoms with Gasteiger partial charge in [-0.3, -0.25) is 0 Å². The molecule has 5 heteroatoms. The zero-order valence-electron chi connectivity index (χ0n) is 12.7. The van der Waals surface area contributed by atoms with E-state index in [9.17, 15) is 0 Å². The average Bonchev–Trinajstić information content (AvgIpc) is 2.50. The van der Waals surface area contributed by atoms with Gasteiger partial charge < -0.3 is 0 Å². The van der Waals surface area contributed by atoms with Gasteiger partial charge in [0.25, 0.3) is 0 Å². The molecule has 0 radical (unpaired) electrons. The van der Waals surface area contributed by atoms with E-state index in [0.29, 0.717) is 0 Å². The molecule has 0 saturated heterocycles. The van der Waals surface area contributed by atoms with E-state index < -0.39 is 16.5 Å². The number of halogens is 2. The van der Waals surface area contributed by atoms with Gasteiger partial charge in [0.15, 0.2) is 0 Å². The Morgan fingerprint density at radius 2 is 0.857 bits per heavy atom. The number of rotatable bonds is 2. The van der Waals surface area contributed by atoms with Gasteiger partial charge in [-0.1, -0.05) is 76.5 Å². The van der Waals surface area contributed by atoms with Crippen molar-refractivity contribution in [2.75, 3.05) is 26.7 Å². The summed E-state index contributed by atoms with van der Waals surface area (Å²) < 4.78 is 0. The fourth-order valence-corrected chi connectivity index (χ4v) is 2.99. The van der Waals surface area contributed by atoms with Crippen molar-refractivity contribution in [1.82, 2.24) is 0 Å². The van der Waals surface area contributed by atoms with Gasteiger partial charge in [-0.15, -0.1) is 0 Å². The molecule has 0 fully saturated rings. The average molecular weight is 542 g/mol. The summed E-state index contributed by atoms with van der Waals surface area (Å²) in [6.07, 6.45) is 0. The van der Waals surface area contributed by atoms with Gasteiger partial charge in [0.1, 0.15) is 0 Å². The summed E-state index contributed by atoms with van der Waals surface area (Å²) >= 11 is -0.472. The first kappa shape index (κ1) is 21.6. The second-order valence-electron chi connectivity index (χ2n) is 4.51. The normalized spacial score (nSPS) is 9.71. The molecule has 0 bridgehead atoms. The summed E-state index contributed by atoms with van der Waals surface area (Å²) in [4.78, 5) is 0. The van der Waals surface area contributed by atoms with Crippen LogP contribution in [0.5, 0.6) is 0 Å². The molecule has 0 aliphatic heterocycles. The van der Waals surface area contributed by atoms with Crippen LogP contribution >= 0.6 is 34.7 Å². The Labute approximate surface area is 148 Å². The van der Waals surface area contributed by atoms with Crippen LogP contribution in [0.15, 0.2) is 60.7 Å². The van der Waals surface area contributed by atoms with E-state index in [2.05, 4.69) is 87.3 Å². The van der Waals surface area contributed by atoms with E-state index in [1.54, 1.807) is 0 Å². The second kappa shape index (κ2) is 14.2. The first-order valence-corrected chi connectivity index (χ1v) is 16.4. The molecule has 0 spiro atoms. The standard InChI is InChI=1S/2C8H11P.2ClH.Pt/c2*1-9(2)8-6-4-3-5-7-8;;;/h2*3-7H,1-2H3;2*1H;/q;;;;+2/p-2. The van der Waals surface area contributed by atoms with Crippen LogP contribution in [-0.4, -0.2) is 26.7 Å². The van der Waals surface area contributed by atoms with Crippen molar-refractivity contribution in [3.8, 4) is 0 Å². The first-order valence-electron chi connectivity index (χ1n) is 6.30. The Morgan fingerprint density at radius 3 is 1.00 bits per heavy atom. The maximum atomic E-state index is 4.88. The third kappa shape index (κ3) is 11.7. The topological polar surface area (TPSA) is 0 Å². The van der Waals surface area contributed by atoms with Gasteiger partial charge in [0.05, 0.1) is 0 Å². The van der Waals surface area contributed by atoms with Crippen molar-refractivity contribution in [3.63, 3.8) is 0 Å². The summed E-state index contributed by atoms with van der Waals surface area (Å²) in [5.74, 6) is 0. The maximum absolute atomic E-state index is 4.88. The Balaban J connectivity index is 0.000000322. The van der Waals surface area contributed by atoms with Gasteiger partial charge in [-0.25, -0.2) is 0 Å². The molecule has 0 aliphatic carbocycles. The minimum absolute atomic E-state index is 0.104. The molecular formula is C16H22Cl2P2Pt. The molecule has 2 aromatic carbocycles. The fraction of sp³-hybridized carbons (Fsp3) is 0.250. The van der Waals surface area contributed by atoms with Crippen LogP contribution in [0.4, 0.5) is 0 Å². The van der Waals surface area contributed by atoms with E-state index in [-0.39, 0.29) is 15.8 Å². The van der Waals surface area contributed by atoms with E-state index in [4.69, 9.17) is 18.8 Å². The summed E-state index contributed by atoms with van der Waals surface area (Å²) in [5.41, 5.74) is 0. The van der Waals surface area contributed by atoms with Crippen LogP contribution in [0.3, 0.4) is 0 Å². The molecule has 120 valence electrons. The molecular weight excluding hydrogens is 520 g/mol. The quantitative estimate of drug-likeness (QED) is 0.441. The summed E-state index contributed by atoms with van der Waals surface area (Å²) in [6.45, 7) is 9.07. The van der Waals surface area contributed by atoms with Gasteiger partial charge in [0.2, 0.25) is 0 Å². The van der Waals surface area contributed by atoms with Crippen LogP contribution in [0.2, 0.25) is 0 Å². The van der Waals surface area contributed by atoms with Gasteiger partial charge in [-0.05, 0) is 37.3 Å². The zero-order chi connectivity index (χ0) is 16.1. The van der Waals surface area contributed by atoms with E-state index in [0.717, 1.165) is 0 Å². The Morgan fingerprint density at radius 1 is 0.619 bits per heavy atom. The fourth-order valence-electron chi connectivity index (χ4n) is 1.45. The first-order chi connectivity index (χ1) is 10.0. The molecule has 2 aromatic rings. The molecule has 0 heterocycles. The van der Waals surface area contributed by atoms with Gasteiger partial charge in [-0.2, -0.15) is 0 Å². The molecule has 21 heavy (non-hydrogen) atoms. The molecule has 0 N–H and O–H groups in total. The molecule has 0 nitrogen and oxygen atoms in total. The molecule has 0 unspecified atom stereocenters. The van der Waals surface area contributed by atoms with Crippen molar-refractivity contribution >= 4 is 45.3 Å². The van der Waals surface area contributed by atoms with Crippen molar-refractivity contribution in [2.24, 2.45) is 0 Å². The van der Waals surface area contributed by atoms with E-state index in [1.807, 2.05) is 0 Å². The molecule has 2 rings (SSSR count). The van der Waals surface area contributed by atoms with E-state index in [1.165, 1.54) is 10.6 Å². The molecule has 0 saturated carbocycles. The number of hydrogen-bond donors (Lipinski definition) is 0. The molecule has 0 aliphatic rings. The number of hydrogen-bond acceptors (Lipinski definition) is 0.